The van der Waals surface area contributed by atoms with Crippen LogP contribution in [0.4, 0.5) is 10.2 Å². The zero-order valence-electron chi connectivity index (χ0n) is 18.6. The Kier molecular flexibility index (Phi) is 6.71. The van der Waals surface area contributed by atoms with E-state index in [1.165, 1.54) is 28.1 Å². The predicted molar refractivity (Wildman–Crippen MR) is 127 cm³/mol. The number of hydrogen-bond acceptors (Lipinski definition) is 5. The van der Waals surface area contributed by atoms with Gasteiger partial charge in [0.15, 0.2) is 6.10 Å². The standard InChI is InChI=1S/C25H27FN2O4Si/c1-25(2)20-10-6-7-11-22(20)33(25,19-8-4-3-5-9-19)32-15-14-31-17-21(29)24(30)28-23-13-12-18(26)16-27-23/h3-13,16,21,29H,14-15,17H2,1-2H3,(H,27,28,30). The van der Waals surface area contributed by atoms with Gasteiger partial charge in [-0.25, -0.2) is 9.37 Å². The van der Waals surface area contributed by atoms with E-state index in [-0.39, 0.29) is 24.1 Å². The van der Waals surface area contributed by atoms with Crippen molar-refractivity contribution in [1.29, 1.82) is 0 Å². The van der Waals surface area contributed by atoms with Crippen molar-refractivity contribution in [2.45, 2.75) is 25.0 Å². The highest BCUT2D eigenvalue weighted by molar-refractivity contribution is 7.03. The molecule has 0 fully saturated rings. The first-order valence-electron chi connectivity index (χ1n) is 10.8. The Morgan fingerprint density at radius 3 is 2.55 bits per heavy atom. The molecule has 4 rings (SSSR count). The molecule has 2 atom stereocenters. The van der Waals surface area contributed by atoms with Crippen molar-refractivity contribution in [3.63, 3.8) is 0 Å². The van der Waals surface area contributed by atoms with Gasteiger partial charge in [-0.3, -0.25) is 4.79 Å². The van der Waals surface area contributed by atoms with Gasteiger partial charge >= 0.3 is 0 Å². The third kappa shape index (κ3) is 4.34. The molecule has 1 aliphatic heterocycles. The van der Waals surface area contributed by atoms with Crippen LogP contribution in [0.25, 0.3) is 0 Å². The highest BCUT2D eigenvalue weighted by Gasteiger charge is 2.62. The highest BCUT2D eigenvalue weighted by atomic mass is 28.4. The molecule has 0 aliphatic carbocycles. The van der Waals surface area contributed by atoms with E-state index < -0.39 is 26.1 Å². The van der Waals surface area contributed by atoms with E-state index in [9.17, 15) is 14.3 Å². The van der Waals surface area contributed by atoms with Crippen molar-refractivity contribution in [3.8, 4) is 0 Å². The lowest BCUT2D eigenvalue weighted by molar-refractivity contribution is -0.127. The second kappa shape index (κ2) is 9.52. The topological polar surface area (TPSA) is 80.7 Å². The predicted octanol–water partition coefficient (Wildman–Crippen LogP) is 2.14. The third-order valence-corrected chi connectivity index (χ3v) is 11.2. The number of anilines is 1. The molecule has 0 saturated carbocycles. The molecule has 2 heterocycles. The van der Waals surface area contributed by atoms with Gasteiger partial charge in [0.25, 0.3) is 14.2 Å². The summed E-state index contributed by atoms with van der Waals surface area (Å²) in [6.45, 7) is 4.85. The first-order valence-corrected chi connectivity index (χ1v) is 12.7. The van der Waals surface area contributed by atoms with Gasteiger partial charge in [0.1, 0.15) is 11.6 Å². The fourth-order valence-electron chi connectivity index (χ4n) is 4.51. The molecule has 2 N–H and O–H groups in total. The Hall–Kier alpha value is -2.91. The molecule has 1 aliphatic rings. The number of ether oxygens (including phenoxy) is 1. The number of nitrogens with zero attached hydrogens (tertiary/aromatic N) is 1. The Morgan fingerprint density at radius 2 is 1.82 bits per heavy atom. The molecule has 0 saturated heterocycles. The Balaban J connectivity index is 1.35. The van der Waals surface area contributed by atoms with Crippen molar-refractivity contribution in [3.05, 3.63) is 84.3 Å². The third-order valence-electron chi connectivity index (χ3n) is 6.14. The molecular formula is C25H27FN2O4Si. The van der Waals surface area contributed by atoms with E-state index in [0.29, 0.717) is 6.61 Å². The summed E-state index contributed by atoms with van der Waals surface area (Å²) in [6, 6.07) is 21.2. The van der Waals surface area contributed by atoms with Gasteiger partial charge in [0, 0.05) is 5.04 Å². The number of fused-ring (bicyclic) bond motifs is 1. The zero-order chi connectivity index (χ0) is 23.5. The molecule has 2 aromatic carbocycles. The fourth-order valence-corrected chi connectivity index (χ4v) is 9.47. The highest BCUT2D eigenvalue weighted by Crippen LogP contribution is 2.42. The number of nitrogens with one attached hydrogen (secondary N) is 1. The fraction of sp³-hybridized carbons (Fsp3) is 0.280. The maximum absolute atomic E-state index is 12.9. The van der Waals surface area contributed by atoms with Gasteiger partial charge in [-0.15, -0.1) is 0 Å². The number of carbonyl (C=O) groups is 1. The molecule has 2 unspecified atom stereocenters. The number of aliphatic hydroxyl groups excluding tert-OH is 1. The summed E-state index contributed by atoms with van der Waals surface area (Å²) in [7, 11) is -2.48. The SMILES string of the molecule is CC1(C)c2ccccc2[Si]1(OCCOCC(O)C(=O)Nc1ccc(F)cn1)c1ccccc1. The minimum atomic E-state index is -2.48. The Labute approximate surface area is 193 Å². The maximum Gasteiger partial charge on any atom is 0.266 e. The van der Waals surface area contributed by atoms with Crippen molar-refractivity contribution >= 4 is 30.4 Å². The van der Waals surface area contributed by atoms with Crippen LogP contribution in [0.15, 0.2) is 72.9 Å². The lowest BCUT2D eigenvalue weighted by Gasteiger charge is -2.55. The first kappa shape index (κ1) is 23.3. The molecule has 1 amide bonds. The van der Waals surface area contributed by atoms with Crippen LogP contribution >= 0.6 is 0 Å². The van der Waals surface area contributed by atoms with E-state index in [0.717, 1.165) is 6.20 Å². The van der Waals surface area contributed by atoms with Gasteiger partial charge in [-0.2, -0.15) is 0 Å². The number of rotatable bonds is 9. The second-order valence-corrected chi connectivity index (χ2v) is 12.5. The number of aromatic nitrogens is 1. The van der Waals surface area contributed by atoms with E-state index in [1.54, 1.807) is 0 Å². The molecule has 0 spiro atoms. The molecule has 3 aromatic rings. The molecule has 1 aromatic heterocycles. The monoisotopic (exact) mass is 466 g/mol. The van der Waals surface area contributed by atoms with Crippen LogP contribution in [0.2, 0.25) is 0 Å². The Morgan fingerprint density at radius 1 is 1.09 bits per heavy atom. The molecule has 0 radical (unpaired) electrons. The quantitative estimate of drug-likeness (QED) is 0.373. The average molecular weight is 467 g/mol. The van der Waals surface area contributed by atoms with E-state index in [1.807, 2.05) is 24.3 Å². The van der Waals surface area contributed by atoms with Crippen LogP contribution < -0.4 is 15.7 Å². The number of halogens is 1. The number of benzene rings is 2. The number of amides is 1. The lowest BCUT2D eigenvalue weighted by atomic mass is 10.0. The zero-order valence-corrected chi connectivity index (χ0v) is 19.6. The average Bonchev–Trinajstić information content (AvgIpc) is 2.83. The van der Waals surface area contributed by atoms with Gasteiger partial charge in [-0.1, -0.05) is 68.4 Å². The lowest BCUT2D eigenvalue weighted by Crippen LogP contribution is -2.81. The minimum absolute atomic E-state index is 0.105. The number of aliphatic hydroxyl groups is 1. The maximum atomic E-state index is 12.9. The molecular weight excluding hydrogens is 439 g/mol. The molecule has 172 valence electrons. The summed E-state index contributed by atoms with van der Waals surface area (Å²) in [6.07, 6.45) is -0.388. The van der Waals surface area contributed by atoms with Gasteiger partial charge in [0.2, 0.25) is 0 Å². The van der Waals surface area contributed by atoms with Crippen LogP contribution in [-0.2, 0) is 19.0 Å². The molecule has 6 nitrogen and oxygen atoms in total. The Bertz CT molecular complexity index is 1110. The molecule has 8 heteroatoms. The van der Waals surface area contributed by atoms with Crippen LogP contribution in [0.1, 0.15) is 19.4 Å². The summed E-state index contributed by atoms with van der Waals surface area (Å²) in [5, 5.41) is 14.9. The van der Waals surface area contributed by atoms with E-state index >= 15 is 0 Å². The smallest absolute Gasteiger partial charge is 0.266 e. The van der Waals surface area contributed by atoms with E-state index in [2.05, 4.69) is 54.5 Å². The van der Waals surface area contributed by atoms with Crippen LogP contribution in [0, 0.1) is 5.82 Å². The first-order chi connectivity index (χ1) is 15.9. The number of carbonyl (C=O) groups excluding carboxylic acids is 1. The molecule has 0 bridgehead atoms. The summed E-state index contributed by atoms with van der Waals surface area (Å²) in [5.41, 5.74) is 1.31. The van der Waals surface area contributed by atoms with Crippen LogP contribution in [0.5, 0.6) is 0 Å². The second-order valence-electron chi connectivity index (χ2n) is 8.51. The van der Waals surface area contributed by atoms with Gasteiger partial charge in [-0.05, 0) is 28.1 Å². The van der Waals surface area contributed by atoms with Crippen molar-refractivity contribution < 1.29 is 23.5 Å². The number of pyridine rings is 1. The van der Waals surface area contributed by atoms with Crippen LogP contribution in [-0.4, -0.2) is 50.2 Å². The largest absolute Gasteiger partial charge is 0.405 e. The van der Waals surface area contributed by atoms with E-state index in [4.69, 9.17) is 9.16 Å². The summed E-state index contributed by atoms with van der Waals surface area (Å²) in [5.74, 6) is -1.02. The summed E-state index contributed by atoms with van der Waals surface area (Å²) < 4.78 is 25.1. The number of hydrogen-bond donors (Lipinski definition) is 2. The summed E-state index contributed by atoms with van der Waals surface area (Å²) in [4.78, 5) is 15.8. The van der Waals surface area contributed by atoms with Crippen molar-refractivity contribution in [2.24, 2.45) is 0 Å². The van der Waals surface area contributed by atoms with Crippen molar-refractivity contribution in [2.75, 3.05) is 25.1 Å². The summed E-state index contributed by atoms with van der Waals surface area (Å²) >= 11 is 0. The normalized spacial score (nSPS) is 19.3. The van der Waals surface area contributed by atoms with Crippen LogP contribution in [0.3, 0.4) is 0 Å². The van der Waals surface area contributed by atoms with Gasteiger partial charge in [0.05, 0.1) is 26.0 Å². The molecule has 33 heavy (non-hydrogen) atoms. The minimum Gasteiger partial charge on any atom is -0.405 e. The van der Waals surface area contributed by atoms with Crippen molar-refractivity contribution in [1.82, 2.24) is 4.98 Å². The van der Waals surface area contributed by atoms with Gasteiger partial charge < -0.3 is 19.6 Å².